The monoisotopic (exact) mass is 405 g/mol. The zero-order chi connectivity index (χ0) is 17.0. The van der Waals surface area contributed by atoms with Crippen molar-refractivity contribution in [2.24, 2.45) is 17.6 Å². The minimum Gasteiger partial charge on any atom is -0.481 e. The van der Waals surface area contributed by atoms with Gasteiger partial charge in [-0.15, -0.1) is 0 Å². The Labute approximate surface area is 154 Å². The van der Waals surface area contributed by atoms with E-state index in [9.17, 15) is 4.79 Å². The van der Waals surface area contributed by atoms with Crippen LogP contribution >= 0.6 is 58.0 Å². The molecule has 0 saturated heterocycles. The van der Waals surface area contributed by atoms with E-state index in [1.165, 1.54) is 0 Å². The van der Waals surface area contributed by atoms with Crippen LogP contribution in [0.25, 0.3) is 0 Å². The van der Waals surface area contributed by atoms with Crippen molar-refractivity contribution in [2.45, 2.75) is 26.2 Å². The Morgan fingerprint density at radius 3 is 1.86 bits per heavy atom. The zero-order valence-electron chi connectivity index (χ0n) is 11.8. The van der Waals surface area contributed by atoms with Gasteiger partial charge in [0.25, 0.3) is 0 Å². The van der Waals surface area contributed by atoms with Crippen LogP contribution in [0.3, 0.4) is 0 Å². The first-order valence-corrected chi connectivity index (χ1v) is 8.56. The number of carboxylic acid groups (broad SMARTS) is 1. The zero-order valence-corrected chi connectivity index (χ0v) is 15.6. The van der Waals surface area contributed by atoms with Crippen LogP contribution in [-0.2, 0) is 11.2 Å². The van der Waals surface area contributed by atoms with Crippen molar-refractivity contribution in [3.8, 4) is 0 Å². The fraction of sp³-hybridized carbons (Fsp3) is 0.500. The number of carboxylic acids is 1. The predicted molar refractivity (Wildman–Crippen MR) is 93.8 cm³/mol. The van der Waals surface area contributed by atoms with Gasteiger partial charge in [-0.05, 0) is 24.3 Å². The van der Waals surface area contributed by atoms with Crippen molar-refractivity contribution in [1.29, 1.82) is 0 Å². The number of nitrogens with two attached hydrogens (primary N) is 1. The first-order chi connectivity index (χ1) is 10.2. The third-order valence-electron chi connectivity index (χ3n) is 3.62. The highest BCUT2D eigenvalue weighted by Crippen LogP contribution is 2.45. The lowest BCUT2D eigenvalue weighted by atomic mass is 9.87. The number of carbonyl (C=O) groups is 1. The van der Waals surface area contributed by atoms with Crippen molar-refractivity contribution in [2.75, 3.05) is 6.54 Å². The van der Waals surface area contributed by atoms with Crippen molar-refractivity contribution in [3.63, 3.8) is 0 Å². The maximum absolute atomic E-state index is 11.1. The highest BCUT2D eigenvalue weighted by atomic mass is 35.5. The quantitative estimate of drug-likeness (QED) is 0.459. The molecule has 3 N–H and O–H groups in total. The third-order valence-corrected chi connectivity index (χ3v) is 5.98. The minimum absolute atomic E-state index is 0.0351. The van der Waals surface area contributed by atoms with Gasteiger partial charge in [0.2, 0.25) is 0 Å². The Morgan fingerprint density at radius 2 is 1.50 bits per heavy atom. The molecule has 0 saturated carbocycles. The lowest BCUT2D eigenvalue weighted by molar-refractivity contribution is -0.142. The molecule has 1 rings (SSSR count). The molecule has 0 aliphatic rings. The molecule has 124 valence electrons. The number of benzene rings is 1. The second-order valence-corrected chi connectivity index (χ2v) is 6.92. The standard InChI is InChI=1S/C14H16Cl5NO2/c1-2-6(3-7(5-20)14(21)22)4-8-9(15)11(17)13(19)12(18)10(8)16/h6-7H,2-5,20H2,1H3,(H,21,22). The summed E-state index contributed by atoms with van der Waals surface area (Å²) in [7, 11) is 0. The van der Waals surface area contributed by atoms with E-state index in [2.05, 4.69) is 0 Å². The highest BCUT2D eigenvalue weighted by Gasteiger charge is 2.25. The molecule has 1 aromatic carbocycles. The largest absolute Gasteiger partial charge is 0.481 e. The number of rotatable bonds is 7. The average Bonchev–Trinajstić information content (AvgIpc) is 2.50. The minimum atomic E-state index is -0.912. The highest BCUT2D eigenvalue weighted by molar-refractivity contribution is 6.55. The maximum atomic E-state index is 11.1. The Kier molecular flexibility index (Phi) is 8.07. The predicted octanol–water partition coefficient (Wildman–Crippen LogP) is 5.57. The van der Waals surface area contributed by atoms with E-state index in [1.54, 1.807) is 0 Å². The number of halogens is 5. The van der Waals surface area contributed by atoms with Gasteiger partial charge in [0.1, 0.15) is 0 Å². The Balaban J connectivity index is 3.09. The van der Waals surface area contributed by atoms with E-state index in [1.807, 2.05) is 6.92 Å². The smallest absolute Gasteiger partial charge is 0.307 e. The molecule has 0 spiro atoms. The lowest BCUT2D eigenvalue weighted by Gasteiger charge is -2.21. The van der Waals surface area contributed by atoms with Crippen LogP contribution in [0.15, 0.2) is 0 Å². The summed E-state index contributed by atoms with van der Waals surface area (Å²) in [4.78, 5) is 11.1. The summed E-state index contributed by atoms with van der Waals surface area (Å²) in [5.74, 6) is -1.49. The van der Waals surface area contributed by atoms with Crippen LogP contribution in [0.1, 0.15) is 25.3 Å². The van der Waals surface area contributed by atoms with Crippen LogP contribution in [0.2, 0.25) is 25.1 Å². The molecule has 0 amide bonds. The van der Waals surface area contributed by atoms with Gasteiger partial charge < -0.3 is 10.8 Å². The molecule has 22 heavy (non-hydrogen) atoms. The Bertz CT molecular complexity index is 536. The summed E-state index contributed by atoms with van der Waals surface area (Å²) < 4.78 is 0. The van der Waals surface area contributed by atoms with Gasteiger partial charge in [-0.2, -0.15) is 0 Å². The maximum Gasteiger partial charge on any atom is 0.307 e. The van der Waals surface area contributed by atoms with E-state index < -0.39 is 11.9 Å². The molecule has 0 aliphatic carbocycles. The van der Waals surface area contributed by atoms with Crippen molar-refractivity contribution >= 4 is 64.0 Å². The van der Waals surface area contributed by atoms with Crippen molar-refractivity contribution < 1.29 is 9.90 Å². The van der Waals surface area contributed by atoms with E-state index in [0.717, 1.165) is 6.42 Å². The molecule has 0 fully saturated rings. The molecule has 1 aromatic rings. The molecule has 0 radical (unpaired) electrons. The number of aliphatic carboxylic acids is 1. The van der Waals surface area contributed by atoms with Crippen LogP contribution in [0.4, 0.5) is 0 Å². The van der Waals surface area contributed by atoms with E-state index in [4.69, 9.17) is 68.8 Å². The first kappa shape index (κ1) is 20.1. The molecule has 0 bridgehead atoms. The molecule has 2 atom stereocenters. The fourth-order valence-corrected chi connectivity index (χ4v) is 3.54. The Morgan fingerprint density at radius 1 is 1.05 bits per heavy atom. The van der Waals surface area contributed by atoms with Crippen LogP contribution in [-0.4, -0.2) is 17.6 Å². The molecular formula is C14H16Cl5NO2. The molecular weight excluding hydrogens is 391 g/mol. The normalized spacial score (nSPS) is 14.0. The molecule has 0 heterocycles. The van der Waals surface area contributed by atoms with Crippen molar-refractivity contribution in [3.05, 3.63) is 30.7 Å². The van der Waals surface area contributed by atoms with Gasteiger partial charge in [0.05, 0.1) is 31.0 Å². The van der Waals surface area contributed by atoms with E-state index in [-0.39, 0.29) is 37.6 Å². The second-order valence-electron chi connectivity index (χ2n) is 5.03. The van der Waals surface area contributed by atoms with E-state index in [0.29, 0.717) is 18.4 Å². The fourth-order valence-electron chi connectivity index (χ4n) is 2.21. The van der Waals surface area contributed by atoms with E-state index >= 15 is 0 Å². The summed E-state index contributed by atoms with van der Waals surface area (Å²) >= 11 is 30.5. The average molecular weight is 408 g/mol. The third kappa shape index (κ3) is 4.56. The second kappa shape index (κ2) is 8.81. The van der Waals surface area contributed by atoms with Gasteiger partial charge >= 0.3 is 5.97 Å². The molecule has 0 aromatic heterocycles. The summed E-state index contributed by atoms with van der Waals surface area (Å²) in [5, 5.41) is 10.0. The molecule has 3 nitrogen and oxygen atoms in total. The van der Waals surface area contributed by atoms with Crippen LogP contribution in [0, 0.1) is 11.8 Å². The van der Waals surface area contributed by atoms with Crippen molar-refractivity contribution in [1.82, 2.24) is 0 Å². The number of hydrogen-bond donors (Lipinski definition) is 2. The van der Waals surface area contributed by atoms with Gasteiger partial charge in [0, 0.05) is 6.54 Å². The molecule has 8 heteroatoms. The molecule has 2 unspecified atom stereocenters. The van der Waals surface area contributed by atoms with Gasteiger partial charge in [-0.3, -0.25) is 4.79 Å². The SMILES string of the molecule is CCC(Cc1c(Cl)c(Cl)c(Cl)c(Cl)c1Cl)CC(CN)C(=O)O. The van der Waals surface area contributed by atoms with Gasteiger partial charge in [0.15, 0.2) is 0 Å². The first-order valence-electron chi connectivity index (χ1n) is 6.67. The van der Waals surface area contributed by atoms with Crippen LogP contribution in [0.5, 0.6) is 0 Å². The Hall–Kier alpha value is 0.1000. The summed E-state index contributed by atoms with van der Waals surface area (Å²) in [6.07, 6.45) is 1.62. The van der Waals surface area contributed by atoms with Gasteiger partial charge in [-0.1, -0.05) is 71.3 Å². The topological polar surface area (TPSA) is 63.3 Å². The molecule has 0 aliphatic heterocycles. The summed E-state index contributed by atoms with van der Waals surface area (Å²) in [6.45, 7) is 2.04. The summed E-state index contributed by atoms with van der Waals surface area (Å²) in [5.41, 5.74) is 6.08. The summed E-state index contributed by atoms with van der Waals surface area (Å²) in [6, 6.07) is 0. The lowest BCUT2D eigenvalue weighted by Crippen LogP contribution is -2.26. The number of hydrogen-bond acceptors (Lipinski definition) is 2. The van der Waals surface area contributed by atoms with Gasteiger partial charge in [-0.25, -0.2) is 0 Å². The van der Waals surface area contributed by atoms with Crippen LogP contribution < -0.4 is 5.73 Å².